The Morgan fingerprint density at radius 3 is 2.19 bits per heavy atom. The fraction of sp³-hybridized carbons (Fsp3) is 0.500. The topological polar surface area (TPSA) is 30.9 Å². The highest BCUT2D eigenvalue weighted by Crippen LogP contribution is 2.58. The second kappa shape index (κ2) is 4.27. The molecule has 2 heterocycles. The van der Waals surface area contributed by atoms with E-state index in [2.05, 4.69) is 41.5 Å². The van der Waals surface area contributed by atoms with Crippen molar-refractivity contribution in [2.45, 2.75) is 51.6 Å². The molecule has 0 spiro atoms. The molecule has 0 atom stereocenters. The van der Waals surface area contributed by atoms with Gasteiger partial charge in [0.2, 0.25) is 5.88 Å². The molecule has 0 aliphatic carbocycles. The standard InChI is InChI=1S/C16H23NO3Si/c1-15(2,3)21(16(4,5)6)19-14-11-18-13-10-8-7-9-12(13)17(14)20-21/h7-11H,1-6H3. The number of fused-ring (bicyclic) bond motifs is 3. The van der Waals surface area contributed by atoms with E-state index in [-0.39, 0.29) is 10.1 Å². The molecule has 0 amide bonds. The highest BCUT2D eigenvalue weighted by atomic mass is 28.4. The molecule has 0 radical (unpaired) electrons. The summed E-state index contributed by atoms with van der Waals surface area (Å²) in [7, 11) is -2.55. The molecule has 1 fully saturated rings. The van der Waals surface area contributed by atoms with Crippen LogP contribution in [0.2, 0.25) is 10.1 Å². The minimum Gasteiger partial charge on any atom is -0.502 e. The summed E-state index contributed by atoms with van der Waals surface area (Å²) in [6, 6.07) is 7.85. The van der Waals surface area contributed by atoms with Crippen molar-refractivity contribution in [3.63, 3.8) is 0 Å². The Balaban J connectivity index is 2.09. The third kappa shape index (κ3) is 1.98. The molecular weight excluding hydrogens is 282 g/mol. The van der Waals surface area contributed by atoms with E-state index in [1.807, 2.05) is 29.3 Å². The van der Waals surface area contributed by atoms with Crippen LogP contribution in [0.5, 0.6) is 5.75 Å². The maximum atomic E-state index is 6.51. The van der Waals surface area contributed by atoms with Gasteiger partial charge in [0.05, 0.1) is 0 Å². The number of para-hydroxylation sites is 2. The highest BCUT2D eigenvalue weighted by molar-refractivity contribution is 6.74. The zero-order valence-electron chi connectivity index (χ0n) is 13.6. The zero-order chi connectivity index (χ0) is 15.5. The van der Waals surface area contributed by atoms with Crippen molar-refractivity contribution in [3.8, 4) is 5.75 Å². The van der Waals surface area contributed by atoms with Gasteiger partial charge in [-0.15, -0.1) is 0 Å². The Morgan fingerprint density at radius 1 is 0.952 bits per heavy atom. The fourth-order valence-corrected chi connectivity index (χ4v) is 7.48. The Hall–Kier alpha value is -1.46. The first-order valence-corrected chi connectivity index (χ1v) is 9.11. The summed E-state index contributed by atoms with van der Waals surface area (Å²) in [5.74, 6) is 1.45. The van der Waals surface area contributed by atoms with Gasteiger partial charge in [0.15, 0.2) is 12.0 Å². The van der Waals surface area contributed by atoms with Crippen LogP contribution in [0.15, 0.2) is 36.4 Å². The van der Waals surface area contributed by atoms with Crippen molar-refractivity contribution in [1.29, 1.82) is 0 Å². The third-order valence-corrected chi connectivity index (χ3v) is 8.90. The van der Waals surface area contributed by atoms with Crippen LogP contribution in [-0.2, 0) is 8.95 Å². The third-order valence-electron chi connectivity index (χ3n) is 4.01. The second-order valence-electron chi connectivity index (χ2n) is 7.65. The summed E-state index contributed by atoms with van der Waals surface area (Å²) in [4.78, 5) is 0. The van der Waals surface area contributed by atoms with Crippen molar-refractivity contribution < 1.29 is 13.7 Å². The van der Waals surface area contributed by atoms with Crippen LogP contribution in [0, 0.1) is 0 Å². The van der Waals surface area contributed by atoms with Gasteiger partial charge < -0.3 is 9.16 Å². The summed E-state index contributed by atoms with van der Waals surface area (Å²) < 4.78 is 18.6. The second-order valence-corrected chi connectivity index (χ2v) is 12.3. The molecule has 1 aromatic rings. The van der Waals surface area contributed by atoms with Crippen LogP contribution in [0.4, 0.5) is 5.69 Å². The van der Waals surface area contributed by atoms with Crippen LogP contribution >= 0.6 is 0 Å². The number of rotatable bonds is 0. The van der Waals surface area contributed by atoms with Gasteiger partial charge in [0, 0.05) is 10.1 Å². The lowest BCUT2D eigenvalue weighted by atomic mass is 10.2. The molecule has 0 N–H and O–H groups in total. The van der Waals surface area contributed by atoms with E-state index in [1.165, 1.54) is 0 Å². The molecule has 3 rings (SSSR count). The molecule has 4 nitrogen and oxygen atoms in total. The van der Waals surface area contributed by atoms with Crippen LogP contribution in [0.25, 0.3) is 0 Å². The van der Waals surface area contributed by atoms with Crippen LogP contribution in [0.1, 0.15) is 41.5 Å². The lowest BCUT2D eigenvalue weighted by molar-refractivity contribution is 0.247. The Kier molecular flexibility index (Phi) is 2.94. The molecule has 1 aromatic carbocycles. The number of benzene rings is 1. The summed E-state index contributed by atoms with van der Waals surface area (Å²) >= 11 is 0. The van der Waals surface area contributed by atoms with Crippen molar-refractivity contribution in [2.24, 2.45) is 0 Å². The van der Waals surface area contributed by atoms with Crippen LogP contribution < -0.4 is 9.80 Å². The first kappa shape index (κ1) is 14.5. The van der Waals surface area contributed by atoms with Gasteiger partial charge in [-0.05, 0) is 12.1 Å². The molecule has 2 aliphatic rings. The fourth-order valence-electron chi connectivity index (χ4n) is 3.16. The first-order valence-electron chi connectivity index (χ1n) is 7.30. The van der Waals surface area contributed by atoms with E-state index < -0.39 is 8.56 Å². The minimum absolute atomic E-state index is 0.0711. The predicted octanol–water partition coefficient (Wildman–Crippen LogP) is 4.69. The summed E-state index contributed by atoms with van der Waals surface area (Å²) in [6.07, 6.45) is 1.65. The van der Waals surface area contributed by atoms with Gasteiger partial charge in [-0.25, -0.2) is 0 Å². The number of hydroxylamine groups is 1. The predicted molar refractivity (Wildman–Crippen MR) is 85.0 cm³/mol. The van der Waals surface area contributed by atoms with E-state index >= 15 is 0 Å². The summed E-state index contributed by atoms with van der Waals surface area (Å²) in [5, 5.41) is 1.66. The molecular formula is C16H23NO3Si. The Morgan fingerprint density at radius 2 is 1.57 bits per heavy atom. The molecule has 114 valence electrons. The average molecular weight is 305 g/mol. The zero-order valence-corrected chi connectivity index (χ0v) is 14.6. The van der Waals surface area contributed by atoms with Gasteiger partial charge >= 0.3 is 8.56 Å². The van der Waals surface area contributed by atoms with Crippen molar-refractivity contribution in [2.75, 3.05) is 5.06 Å². The number of nitrogens with zero attached hydrogens (tertiary/aromatic N) is 1. The molecule has 0 saturated carbocycles. The Bertz CT molecular complexity index is 584. The number of ether oxygens (including phenoxy) is 1. The van der Waals surface area contributed by atoms with Gasteiger partial charge in [-0.2, -0.15) is 5.06 Å². The molecule has 5 heteroatoms. The van der Waals surface area contributed by atoms with Crippen LogP contribution in [0.3, 0.4) is 0 Å². The smallest absolute Gasteiger partial charge is 0.436 e. The van der Waals surface area contributed by atoms with Gasteiger partial charge in [0.25, 0.3) is 0 Å². The number of hydrogen-bond donors (Lipinski definition) is 0. The molecule has 0 unspecified atom stereocenters. The SMILES string of the molecule is CC(C)(C)[Si]1(C(C)(C)C)OC2=COc3ccccc3N2O1. The van der Waals surface area contributed by atoms with E-state index in [1.54, 1.807) is 6.26 Å². The van der Waals surface area contributed by atoms with E-state index in [4.69, 9.17) is 13.7 Å². The maximum absolute atomic E-state index is 6.51. The normalized spacial score (nSPS) is 20.1. The summed E-state index contributed by atoms with van der Waals surface area (Å²) in [6.45, 7) is 13.1. The highest BCUT2D eigenvalue weighted by Gasteiger charge is 2.66. The molecule has 0 aromatic heterocycles. The van der Waals surface area contributed by atoms with Gasteiger partial charge in [0.1, 0.15) is 5.69 Å². The van der Waals surface area contributed by atoms with Crippen molar-refractivity contribution in [1.82, 2.24) is 0 Å². The first-order chi connectivity index (χ1) is 9.66. The van der Waals surface area contributed by atoms with E-state index in [0.29, 0.717) is 5.88 Å². The van der Waals surface area contributed by atoms with Gasteiger partial charge in [-0.3, -0.25) is 4.53 Å². The largest absolute Gasteiger partial charge is 0.502 e. The Labute approximate surface area is 127 Å². The molecule has 2 aliphatic heterocycles. The maximum Gasteiger partial charge on any atom is 0.436 e. The van der Waals surface area contributed by atoms with E-state index in [9.17, 15) is 0 Å². The number of anilines is 1. The lowest BCUT2D eigenvalue weighted by Crippen LogP contribution is -2.54. The van der Waals surface area contributed by atoms with E-state index in [0.717, 1.165) is 11.4 Å². The van der Waals surface area contributed by atoms with Gasteiger partial charge in [-0.1, -0.05) is 53.7 Å². The van der Waals surface area contributed by atoms with Crippen molar-refractivity contribution >= 4 is 14.2 Å². The quantitative estimate of drug-likeness (QED) is 0.651. The molecule has 21 heavy (non-hydrogen) atoms. The lowest BCUT2D eigenvalue weighted by Gasteiger charge is -2.43. The minimum atomic E-state index is -2.55. The summed E-state index contributed by atoms with van der Waals surface area (Å²) in [5.41, 5.74) is 0.901. The molecule has 1 saturated heterocycles. The van der Waals surface area contributed by atoms with Crippen molar-refractivity contribution in [3.05, 3.63) is 36.4 Å². The number of hydrogen-bond acceptors (Lipinski definition) is 4. The van der Waals surface area contributed by atoms with Crippen LogP contribution in [-0.4, -0.2) is 8.56 Å². The monoisotopic (exact) mass is 305 g/mol. The molecule has 0 bridgehead atoms. The average Bonchev–Trinajstić information content (AvgIpc) is 2.79.